The lowest BCUT2D eigenvalue weighted by atomic mass is 10.0. The van der Waals surface area contributed by atoms with Crippen molar-refractivity contribution in [2.24, 2.45) is 0 Å². The monoisotopic (exact) mass is 849 g/mol. The third-order valence-electron chi connectivity index (χ3n) is 9.47. The number of anilines is 4. The van der Waals surface area contributed by atoms with Crippen LogP contribution in [0.1, 0.15) is 38.7 Å². The fourth-order valence-corrected chi connectivity index (χ4v) is 7.96. The predicted molar refractivity (Wildman–Crippen MR) is 221 cm³/mol. The topological polar surface area (TPSA) is 174 Å². The molecule has 2 aliphatic rings. The van der Waals surface area contributed by atoms with Crippen LogP contribution in [0.25, 0.3) is 0 Å². The van der Waals surface area contributed by atoms with E-state index in [4.69, 9.17) is 42.1 Å². The number of hydrogen-bond acceptors (Lipinski definition) is 13. The zero-order chi connectivity index (χ0) is 40.6. The summed E-state index contributed by atoms with van der Waals surface area (Å²) in [6.07, 6.45) is 5.14. The number of aryl methyl sites for hydroxylation is 1. The molecule has 0 radical (unpaired) electrons. The Hall–Kier alpha value is -3.77. The van der Waals surface area contributed by atoms with Gasteiger partial charge in [-0.15, -0.1) is 11.6 Å². The van der Waals surface area contributed by atoms with E-state index in [1.807, 2.05) is 12.1 Å². The van der Waals surface area contributed by atoms with Crippen LogP contribution in [-0.2, 0) is 40.1 Å². The summed E-state index contributed by atoms with van der Waals surface area (Å²) in [6, 6.07) is 12.3. The van der Waals surface area contributed by atoms with Crippen molar-refractivity contribution in [3.05, 3.63) is 59.2 Å². The first-order chi connectivity index (χ1) is 27.5. The zero-order valence-electron chi connectivity index (χ0n) is 32.5. The molecule has 15 nitrogen and oxygen atoms in total. The molecule has 1 saturated heterocycles. The number of carbonyl (C=O) groups is 2. The van der Waals surface area contributed by atoms with Crippen LogP contribution in [0.4, 0.5) is 23.1 Å². The normalized spacial score (nSPS) is 15.9. The van der Waals surface area contributed by atoms with Gasteiger partial charge < -0.3 is 39.8 Å². The highest BCUT2D eigenvalue weighted by atomic mass is 35.5. The Balaban J connectivity index is 0.893. The number of alkyl halides is 1. The lowest BCUT2D eigenvalue weighted by molar-refractivity contribution is -0.123. The lowest BCUT2D eigenvalue weighted by Gasteiger charge is -2.33. The van der Waals surface area contributed by atoms with Gasteiger partial charge >= 0.3 is 0 Å². The number of benzene rings is 2. The number of halogens is 2. The molecule has 312 valence electrons. The predicted octanol–water partition coefficient (Wildman–Crippen LogP) is 4.70. The first-order valence-electron chi connectivity index (χ1n) is 19.3. The van der Waals surface area contributed by atoms with Crippen molar-refractivity contribution in [1.82, 2.24) is 20.2 Å². The maximum absolute atomic E-state index is 12.9. The van der Waals surface area contributed by atoms with Crippen LogP contribution < -0.4 is 25.6 Å². The van der Waals surface area contributed by atoms with Crippen molar-refractivity contribution in [1.29, 1.82) is 0 Å². The van der Waals surface area contributed by atoms with Gasteiger partial charge in [-0.3, -0.25) is 14.5 Å². The Bertz CT molecular complexity index is 1890. The number of ether oxygens (including phenoxy) is 4. The van der Waals surface area contributed by atoms with E-state index >= 15 is 0 Å². The molecule has 3 aromatic rings. The van der Waals surface area contributed by atoms with Crippen LogP contribution in [0, 0.1) is 0 Å². The summed E-state index contributed by atoms with van der Waals surface area (Å²) in [4.78, 5) is 37.5. The standard InChI is InChI=1S/C39H53Cl2N7O8S/c1-28(2)57(51,52)35-10-4-3-9-33(35)45-38-32(41)25-43-39(46-38)44-30-8-6-14-47(26-30)16-18-54-20-22-55-21-19-53-17-13-42-36(49)27-56-31-11-12-34-29(23-31)7-5-15-48(34)37(50)24-40/h3-4,9-12,23,25,28,30H,5-8,13-22,24,26-27H2,1-2H3,(H,42,49)(H2,43,44,45,46)/t30-/m1/s1. The van der Waals surface area contributed by atoms with E-state index in [1.54, 1.807) is 49.1 Å². The molecular formula is C39H53Cl2N7O8S. The highest BCUT2D eigenvalue weighted by molar-refractivity contribution is 7.92. The molecular weight excluding hydrogens is 797 g/mol. The minimum Gasteiger partial charge on any atom is -0.484 e. The summed E-state index contributed by atoms with van der Waals surface area (Å²) in [5.74, 6) is 0.868. The summed E-state index contributed by atoms with van der Waals surface area (Å²) < 4.78 is 48.5. The minimum atomic E-state index is -3.53. The number of hydrogen-bond donors (Lipinski definition) is 3. The van der Waals surface area contributed by atoms with Gasteiger partial charge in [0, 0.05) is 37.9 Å². The SMILES string of the molecule is CC(C)S(=O)(=O)c1ccccc1Nc1nc(N[C@@H]2CCCN(CCOCCOCCOCCNC(=O)COc3ccc4c(c3)CCCN4C(=O)CCl)C2)ncc1Cl. The van der Waals surface area contributed by atoms with Crippen molar-refractivity contribution in [2.45, 2.75) is 55.7 Å². The molecule has 0 aliphatic carbocycles. The number of para-hydroxylation sites is 1. The van der Waals surface area contributed by atoms with Crippen molar-refractivity contribution in [3.8, 4) is 5.75 Å². The first-order valence-corrected chi connectivity index (χ1v) is 21.7. The molecule has 0 spiro atoms. The van der Waals surface area contributed by atoms with E-state index in [-0.39, 0.29) is 40.3 Å². The van der Waals surface area contributed by atoms with E-state index in [9.17, 15) is 18.0 Å². The number of sulfone groups is 1. The van der Waals surface area contributed by atoms with Gasteiger partial charge in [0.1, 0.15) is 16.7 Å². The number of likely N-dealkylation sites (tertiary alicyclic amines) is 1. The molecule has 57 heavy (non-hydrogen) atoms. The maximum atomic E-state index is 12.9. The molecule has 0 bridgehead atoms. The van der Waals surface area contributed by atoms with Gasteiger partial charge in [0.15, 0.2) is 22.3 Å². The Morgan fingerprint density at radius 3 is 2.51 bits per heavy atom. The van der Waals surface area contributed by atoms with Crippen LogP contribution in [-0.4, -0.2) is 131 Å². The van der Waals surface area contributed by atoms with Crippen molar-refractivity contribution < 1.29 is 37.0 Å². The third-order valence-corrected chi connectivity index (χ3v) is 12.2. The fraction of sp³-hybridized carbons (Fsp3) is 0.538. The third kappa shape index (κ3) is 13.4. The Morgan fingerprint density at radius 1 is 0.982 bits per heavy atom. The molecule has 2 aromatic carbocycles. The lowest BCUT2D eigenvalue weighted by Crippen LogP contribution is -2.43. The smallest absolute Gasteiger partial charge is 0.258 e. The summed E-state index contributed by atoms with van der Waals surface area (Å²) in [5, 5.41) is 8.99. The van der Waals surface area contributed by atoms with E-state index < -0.39 is 15.1 Å². The van der Waals surface area contributed by atoms with E-state index in [1.165, 1.54) is 6.20 Å². The number of nitrogens with one attached hydrogen (secondary N) is 3. The highest BCUT2D eigenvalue weighted by Gasteiger charge is 2.25. The number of piperidine rings is 1. The molecule has 0 saturated carbocycles. The van der Waals surface area contributed by atoms with Gasteiger partial charge in [0.2, 0.25) is 11.9 Å². The zero-order valence-corrected chi connectivity index (χ0v) is 34.8. The van der Waals surface area contributed by atoms with Gasteiger partial charge in [-0.2, -0.15) is 4.98 Å². The summed E-state index contributed by atoms with van der Waals surface area (Å²) >= 11 is 12.2. The molecule has 3 heterocycles. The molecule has 3 N–H and O–H groups in total. The van der Waals surface area contributed by atoms with Gasteiger partial charge in [0.05, 0.1) is 61.7 Å². The molecule has 2 amide bonds. The molecule has 1 fully saturated rings. The Morgan fingerprint density at radius 2 is 1.74 bits per heavy atom. The van der Waals surface area contributed by atoms with Crippen LogP contribution in [0.2, 0.25) is 5.02 Å². The van der Waals surface area contributed by atoms with Crippen LogP contribution >= 0.6 is 23.2 Å². The average Bonchev–Trinajstić information content (AvgIpc) is 3.21. The van der Waals surface area contributed by atoms with Gasteiger partial charge in [-0.1, -0.05) is 23.7 Å². The van der Waals surface area contributed by atoms with Crippen LogP contribution in [0.15, 0.2) is 53.6 Å². The summed E-state index contributed by atoms with van der Waals surface area (Å²) in [6.45, 7) is 9.36. The van der Waals surface area contributed by atoms with Crippen LogP contribution in [0.5, 0.6) is 5.75 Å². The number of amides is 2. The maximum Gasteiger partial charge on any atom is 0.258 e. The second kappa shape index (κ2) is 22.4. The minimum absolute atomic E-state index is 0.0610. The number of carbonyl (C=O) groups excluding carboxylic acids is 2. The summed E-state index contributed by atoms with van der Waals surface area (Å²) in [5.41, 5.74) is 2.25. The largest absolute Gasteiger partial charge is 0.484 e. The van der Waals surface area contributed by atoms with Crippen molar-refractivity contribution in [2.75, 3.05) is 100 Å². The molecule has 0 unspecified atom stereocenters. The summed E-state index contributed by atoms with van der Waals surface area (Å²) in [7, 11) is -3.53. The number of aromatic nitrogens is 2. The molecule has 1 atom stereocenters. The molecule has 18 heteroatoms. The second-order valence-electron chi connectivity index (χ2n) is 13.9. The van der Waals surface area contributed by atoms with Gasteiger partial charge in [0.25, 0.3) is 5.91 Å². The van der Waals surface area contributed by atoms with Gasteiger partial charge in [-0.25, -0.2) is 13.4 Å². The van der Waals surface area contributed by atoms with Gasteiger partial charge in [-0.05, 0) is 82.0 Å². The number of rotatable bonds is 22. The quantitative estimate of drug-likeness (QED) is 0.0940. The van der Waals surface area contributed by atoms with Crippen molar-refractivity contribution >= 4 is 68.0 Å². The molecule has 2 aliphatic heterocycles. The van der Waals surface area contributed by atoms with E-state index in [0.717, 1.165) is 56.6 Å². The average molecular weight is 851 g/mol. The van der Waals surface area contributed by atoms with Crippen molar-refractivity contribution in [3.63, 3.8) is 0 Å². The van der Waals surface area contributed by atoms with E-state index in [2.05, 4.69) is 30.8 Å². The Labute approximate surface area is 345 Å². The highest BCUT2D eigenvalue weighted by Crippen LogP contribution is 2.32. The first kappa shape index (κ1) is 44.3. The fourth-order valence-electron chi connectivity index (χ4n) is 6.48. The molecule has 5 rings (SSSR count). The number of fused-ring (bicyclic) bond motifs is 1. The van der Waals surface area contributed by atoms with E-state index in [0.29, 0.717) is 75.9 Å². The number of nitrogens with zero attached hydrogens (tertiary/aromatic N) is 4. The second-order valence-corrected chi connectivity index (χ2v) is 17.1. The van der Waals surface area contributed by atoms with Crippen LogP contribution in [0.3, 0.4) is 0 Å². The Kier molecular flexibility index (Phi) is 17.4. The molecule has 1 aromatic heterocycles.